The summed E-state index contributed by atoms with van der Waals surface area (Å²) >= 11 is 12.5. The fraction of sp³-hybridized carbons (Fsp3) is 0.333. The van der Waals surface area contributed by atoms with Crippen molar-refractivity contribution in [1.82, 2.24) is 5.32 Å². The Morgan fingerprint density at radius 2 is 1.73 bits per heavy atom. The molecule has 1 aromatic carbocycles. The van der Waals surface area contributed by atoms with Crippen molar-refractivity contribution in [3.05, 3.63) is 56.3 Å². The Hall–Kier alpha value is -0.344. The number of dihydropyridines is 1. The second kappa shape index (κ2) is 10.3. The van der Waals surface area contributed by atoms with Gasteiger partial charge in [-0.15, -0.1) is 0 Å². The number of carbonyl (C=O) groups excluding carboxylic acids is 2. The van der Waals surface area contributed by atoms with Crippen LogP contribution in [-0.4, -0.2) is 25.7 Å². The van der Waals surface area contributed by atoms with E-state index in [9.17, 15) is 9.59 Å². The van der Waals surface area contributed by atoms with Crippen molar-refractivity contribution in [3.8, 4) is 0 Å². The zero-order valence-corrected chi connectivity index (χ0v) is 20.0. The number of benzene rings is 1. The van der Waals surface area contributed by atoms with Crippen molar-refractivity contribution in [1.29, 1.82) is 0 Å². The Bertz CT molecular complexity index is 796. The van der Waals surface area contributed by atoms with E-state index in [0.717, 1.165) is 0 Å². The number of hydrogen-bond donors (Lipinski definition) is 1. The minimum Gasteiger partial charge on any atom is -1.00 e. The number of halogens is 2. The normalized spacial score (nSPS) is 16.6. The molecule has 8 heteroatoms. The molecule has 5 nitrogen and oxygen atoms in total. The standard InChI is InChI=1S/C18H19Cl2NO4.K.H/c1-5-25-18(23)14-10(3)21-9(2)13(17(22)24-4)15(14)11-7-6-8-12(19)16(11)20;;/h6-8,15,21H,5H2,1-4H3;;/q;+1;-1. The number of ether oxygens (including phenoxy) is 2. The van der Waals surface area contributed by atoms with Crippen LogP contribution in [0.2, 0.25) is 10.0 Å². The Balaban J connectivity index is 0.00000338. The number of carbonyl (C=O) groups is 2. The molecule has 2 rings (SSSR count). The van der Waals surface area contributed by atoms with E-state index >= 15 is 0 Å². The largest absolute Gasteiger partial charge is 1.00 e. The molecule has 0 radical (unpaired) electrons. The fourth-order valence-electron chi connectivity index (χ4n) is 2.91. The summed E-state index contributed by atoms with van der Waals surface area (Å²) in [6.45, 7) is 5.41. The minimum atomic E-state index is -0.737. The van der Waals surface area contributed by atoms with Gasteiger partial charge in [-0.2, -0.15) is 0 Å². The predicted octanol–water partition coefficient (Wildman–Crippen LogP) is 1.08. The zero-order valence-electron chi connectivity index (χ0n) is 16.4. The van der Waals surface area contributed by atoms with E-state index in [1.54, 1.807) is 39.0 Å². The van der Waals surface area contributed by atoms with Crippen LogP contribution in [-0.2, 0) is 19.1 Å². The molecule has 0 saturated carbocycles. The maximum Gasteiger partial charge on any atom is 1.00 e. The van der Waals surface area contributed by atoms with Crippen LogP contribution in [0.25, 0.3) is 0 Å². The van der Waals surface area contributed by atoms with E-state index in [4.69, 9.17) is 32.7 Å². The molecule has 1 atom stereocenters. The molecule has 0 saturated heterocycles. The van der Waals surface area contributed by atoms with Crippen molar-refractivity contribution >= 4 is 35.1 Å². The van der Waals surface area contributed by atoms with Gasteiger partial charge in [-0.3, -0.25) is 0 Å². The van der Waals surface area contributed by atoms with E-state index < -0.39 is 17.9 Å². The van der Waals surface area contributed by atoms with Crippen LogP contribution in [0.1, 0.15) is 33.7 Å². The van der Waals surface area contributed by atoms with E-state index in [1.165, 1.54) is 7.11 Å². The van der Waals surface area contributed by atoms with E-state index in [0.29, 0.717) is 33.1 Å². The van der Waals surface area contributed by atoms with E-state index in [2.05, 4.69) is 5.32 Å². The van der Waals surface area contributed by atoms with Gasteiger partial charge < -0.3 is 16.2 Å². The second-order valence-corrected chi connectivity index (χ2v) is 6.28. The van der Waals surface area contributed by atoms with Gasteiger partial charge in [-0.05, 0) is 32.4 Å². The number of esters is 2. The molecule has 1 aliphatic rings. The first-order chi connectivity index (χ1) is 11.8. The Labute approximate surface area is 207 Å². The maximum absolute atomic E-state index is 12.6. The third-order valence-corrected chi connectivity index (χ3v) is 4.79. The van der Waals surface area contributed by atoms with Gasteiger partial charge in [0.2, 0.25) is 0 Å². The SMILES string of the molecule is CCOC(=O)C1=C(C)NC(C)=C(C(=O)OC)C1c1cccc(Cl)c1Cl.[H-].[K+]. The summed E-state index contributed by atoms with van der Waals surface area (Å²) in [5.41, 5.74) is 2.30. The van der Waals surface area contributed by atoms with Gasteiger partial charge in [0.05, 0.1) is 40.8 Å². The van der Waals surface area contributed by atoms with Crippen molar-refractivity contribution in [2.75, 3.05) is 13.7 Å². The van der Waals surface area contributed by atoms with Crippen LogP contribution in [0.15, 0.2) is 40.7 Å². The van der Waals surface area contributed by atoms with Crippen LogP contribution in [0.4, 0.5) is 0 Å². The topological polar surface area (TPSA) is 64.6 Å². The molecule has 1 unspecified atom stereocenters. The van der Waals surface area contributed by atoms with Crippen LogP contribution >= 0.6 is 23.2 Å². The Morgan fingerprint density at radius 3 is 2.27 bits per heavy atom. The van der Waals surface area contributed by atoms with Crippen LogP contribution in [0, 0.1) is 0 Å². The quantitative estimate of drug-likeness (QED) is 0.579. The molecule has 1 heterocycles. The van der Waals surface area contributed by atoms with Gasteiger partial charge >= 0.3 is 63.3 Å². The van der Waals surface area contributed by atoms with Gasteiger partial charge in [-0.1, -0.05) is 35.3 Å². The summed E-state index contributed by atoms with van der Waals surface area (Å²) in [7, 11) is 1.29. The first kappa shape index (κ1) is 23.7. The number of nitrogens with one attached hydrogen (secondary N) is 1. The van der Waals surface area contributed by atoms with E-state index in [1.807, 2.05) is 0 Å². The summed E-state index contributed by atoms with van der Waals surface area (Å²) in [4.78, 5) is 25.0. The zero-order chi connectivity index (χ0) is 18.7. The first-order valence-corrected chi connectivity index (χ1v) is 8.46. The molecule has 1 aliphatic heterocycles. The molecule has 26 heavy (non-hydrogen) atoms. The minimum absolute atomic E-state index is 0. The summed E-state index contributed by atoms with van der Waals surface area (Å²) in [6, 6.07) is 5.09. The average Bonchev–Trinajstić information content (AvgIpc) is 2.56. The van der Waals surface area contributed by atoms with Gasteiger partial charge in [0.25, 0.3) is 0 Å². The monoisotopic (exact) mass is 423 g/mol. The summed E-state index contributed by atoms with van der Waals surface area (Å²) in [5, 5.41) is 3.66. The van der Waals surface area contributed by atoms with Crippen LogP contribution in [0.3, 0.4) is 0 Å². The Morgan fingerprint density at radius 1 is 1.15 bits per heavy atom. The molecule has 0 bridgehead atoms. The molecule has 0 aromatic heterocycles. The Kier molecular flexibility index (Phi) is 9.36. The van der Waals surface area contributed by atoms with Gasteiger partial charge in [0.15, 0.2) is 0 Å². The van der Waals surface area contributed by atoms with Gasteiger partial charge in [0.1, 0.15) is 0 Å². The van der Waals surface area contributed by atoms with Crippen molar-refractivity contribution < 1.29 is 71.9 Å². The third kappa shape index (κ3) is 4.73. The molecule has 1 N–H and O–H groups in total. The van der Waals surface area contributed by atoms with Crippen LogP contribution in [0.5, 0.6) is 0 Å². The number of rotatable bonds is 4. The molecule has 136 valence electrons. The average molecular weight is 424 g/mol. The predicted molar refractivity (Wildman–Crippen MR) is 97.5 cm³/mol. The molecule has 0 amide bonds. The summed E-state index contributed by atoms with van der Waals surface area (Å²) in [5.74, 6) is -1.82. The smallest absolute Gasteiger partial charge is 1.00 e. The van der Waals surface area contributed by atoms with Crippen LogP contribution < -0.4 is 56.7 Å². The molecular weight excluding hydrogens is 404 g/mol. The molecular formula is C18H20Cl2KNO4. The van der Waals surface area contributed by atoms with Crippen molar-refractivity contribution in [3.63, 3.8) is 0 Å². The molecule has 0 fully saturated rings. The third-order valence-electron chi connectivity index (χ3n) is 3.95. The maximum atomic E-state index is 12.6. The number of hydrogen-bond acceptors (Lipinski definition) is 5. The fourth-order valence-corrected chi connectivity index (χ4v) is 3.33. The number of methoxy groups -OCH3 is 1. The first-order valence-electron chi connectivity index (χ1n) is 7.71. The number of allylic oxidation sites excluding steroid dienone is 2. The van der Waals surface area contributed by atoms with Crippen molar-refractivity contribution in [2.45, 2.75) is 26.7 Å². The molecule has 1 aromatic rings. The van der Waals surface area contributed by atoms with E-state index in [-0.39, 0.29) is 64.4 Å². The summed E-state index contributed by atoms with van der Waals surface area (Å²) in [6.07, 6.45) is 0. The van der Waals surface area contributed by atoms with Crippen molar-refractivity contribution in [2.24, 2.45) is 0 Å². The molecule has 0 spiro atoms. The van der Waals surface area contributed by atoms with Gasteiger partial charge in [-0.25, -0.2) is 9.59 Å². The van der Waals surface area contributed by atoms with Gasteiger partial charge in [0, 0.05) is 11.4 Å². The second-order valence-electron chi connectivity index (χ2n) is 5.49. The summed E-state index contributed by atoms with van der Waals surface area (Å²) < 4.78 is 10.1. The molecule has 0 aliphatic carbocycles.